The number of aromatic nitrogens is 1. The molecule has 2 aliphatic rings. The normalized spacial score (nSPS) is 21.3. The number of nitrogens with zero attached hydrogens (tertiary/aromatic N) is 2. The van der Waals surface area contributed by atoms with Crippen molar-refractivity contribution in [3.63, 3.8) is 0 Å². The predicted molar refractivity (Wildman–Crippen MR) is 124 cm³/mol. The molecule has 4 rings (SSSR count). The zero-order chi connectivity index (χ0) is 25.2. The van der Waals surface area contributed by atoms with Gasteiger partial charge in [-0.3, -0.25) is 19.3 Å². The number of pyridine rings is 1. The van der Waals surface area contributed by atoms with Crippen LogP contribution in [0.1, 0.15) is 47.6 Å². The molecule has 2 heterocycles. The molecule has 1 aliphatic carbocycles. The number of halogens is 4. The lowest BCUT2D eigenvalue weighted by Gasteiger charge is -2.46. The largest absolute Gasteiger partial charge is 0.416 e. The van der Waals surface area contributed by atoms with Crippen molar-refractivity contribution in [2.24, 2.45) is 0 Å². The Labute approximate surface area is 205 Å². The van der Waals surface area contributed by atoms with Crippen molar-refractivity contribution < 1.29 is 22.8 Å². The fourth-order valence-corrected chi connectivity index (χ4v) is 4.91. The summed E-state index contributed by atoms with van der Waals surface area (Å²) in [5.74, 6) is -1.13. The molecule has 2 N–H and O–H groups in total. The molecule has 188 valence electrons. The van der Waals surface area contributed by atoms with Crippen LogP contribution in [0.3, 0.4) is 0 Å². The van der Waals surface area contributed by atoms with Crippen LogP contribution in [-0.4, -0.2) is 53.0 Å². The molecule has 2 fully saturated rings. The second kappa shape index (κ2) is 10.4. The highest BCUT2D eigenvalue weighted by atomic mass is 35.5. The average Bonchev–Trinajstić information content (AvgIpc) is 2.81. The fourth-order valence-electron chi connectivity index (χ4n) is 4.74. The molecule has 35 heavy (non-hydrogen) atoms. The number of rotatable bonds is 6. The lowest BCUT2D eigenvalue weighted by atomic mass is 9.88. The number of hydrogen-bond donors (Lipinski definition) is 2. The Hall–Kier alpha value is -2.85. The van der Waals surface area contributed by atoms with Gasteiger partial charge in [0, 0.05) is 43.0 Å². The molecule has 0 bridgehead atoms. The zero-order valence-electron chi connectivity index (χ0n) is 18.9. The van der Waals surface area contributed by atoms with E-state index in [-0.39, 0.29) is 35.7 Å². The van der Waals surface area contributed by atoms with Gasteiger partial charge in [0.15, 0.2) is 0 Å². The van der Waals surface area contributed by atoms with E-state index in [4.69, 9.17) is 11.6 Å². The highest BCUT2D eigenvalue weighted by Gasteiger charge is 2.35. The molecule has 2 amide bonds. The van der Waals surface area contributed by atoms with E-state index in [1.165, 1.54) is 12.1 Å². The Bertz CT molecular complexity index is 1140. The quantitative estimate of drug-likeness (QED) is 0.625. The highest BCUT2D eigenvalue weighted by Crippen LogP contribution is 2.32. The van der Waals surface area contributed by atoms with Gasteiger partial charge < -0.3 is 15.2 Å². The Morgan fingerprint density at radius 1 is 1.03 bits per heavy atom. The molecule has 1 aromatic heterocycles. The number of alkyl halides is 3. The predicted octanol–water partition coefficient (Wildman–Crippen LogP) is 3.23. The number of likely N-dealkylation sites (tertiary alicyclic amines) is 1. The standard InChI is InChI=1S/C24H26ClF3N4O3/c25-17-4-9-22(34)32(12-17)20-7-5-19(6-8-20)31-13-18(14-31)30-21(33)11-29-23(35)15-2-1-3-16(10-15)24(26,27)28/h1-4,9-10,12,18-20H,5-8,11,13-14H2,(H,29,35)(H,30,33)/t19-,20+. The smallest absolute Gasteiger partial charge is 0.349 e. The molecular formula is C24H26ClF3N4O3. The first kappa shape index (κ1) is 25.2. The SMILES string of the molecule is O=C(CNC(=O)c1cccc(C(F)(F)F)c1)NC1CN([C@H]2CC[C@@H](n3cc(Cl)ccc3=O)CC2)C1. The van der Waals surface area contributed by atoms with Crippen molar-refractivity contribution >= 4 is 23.4 Å². The second-order valence-corrected chi connectivity index (χ2v) is 9.47. The Morgan fingerprint density at radius 3 is 2.40 bits per heavy atom. The van der Waals surface area contributed by atoms with Crippen molar-refractivity contribution in [1.29, 1.82) is 0 Å². The van der Waals surface area contributed by atoms with Gasteiger partial charge >= 0.3 is 6.18 Å². The topological polar surface area (TPSA) is 83.4 Å². The molecule has 0 atom stereocenters. The Kier molecular flexibility index (Phi) is 7.51. The van der Waals surface area contributed by atoms with E-state index in [2.05, 4.69) is 15.5 Å². The van der Waals surface area contributed by atoms with Crippen LogP contribution >= 0.6 is 11.6 Å². The van der Waals surface area contributed by atoms with Crippen molar-refractivity contribution in [1.82, 2.24) is 20.1 Å². The summed E-state index contributed by atoms with van der Waals surface area (Å²) in [4.78, 5) is 38.7. The van der Waals surface area contributed by atoms with Crippen molar-refractivity contribution in [3.05, 3.63) is 69.1 Å². The van der Waals surface area contributed by atoms with Gasteiger partial charge in [0.1, 0.15) is 0 Å². The minimum Gasteiger partial charge on any atom is -0.349 e. The lowest BCUT2D eigenvalue weighted by Crippen LogP contribution is -2.63. The summed E-state index contributed by atoms with van der Waals surface area (Å²) in [6, 6.07) is 7.62. The third kappa shape index (κ3) is 6.24. The molecular weight excluding hydrogens is 485 g/mol. The minimum absolute atomic E-state index is 0.0405. The van der Waals surface area contributed by atoms with Crippen LogP contribution in [0.25, 0.3) is 0 Å². The van der Waals surface area contributed by atoms with E-state index in [0.717, 1.165) is 43.9 Å². The summed E-state index contributed by atoms with van der Waals surface area (Å²) in [5, 5.41) is 5.75. The number of nitrogens with one attached hydrogen (secondary N) is 2. The molecule has 11 heteroatoms. The van der Waals surface area contributed by atoms with Crippen LogP contribution < -0.4 is 16.2 Å². The number of amides is 2. The molecule has 0 unspecified atom stereocenters. The average molecular weight is 511 g/mol. The van der Waals surface area contributed by atoms with Gasteiger partial charge in [0.2, 0.25) is 5.91 Å². The molecule has 1 aliphatic heterocycles. The summed E-state index contributed by atoms with van der Waals surface area (Å²) in [6.45, 7) is 1.07. The lowest BCUT2D eigenvalue weighted by molar-refractivity contribution is -0.137. The van der Waals surface area contributed by atoms with Gasteiger partial charge in [-0.2, -0.15) is 13.2 Å². The molecule has 1 saturated heterocycles. The minimum atomic E-state index is -4.55. The van der Waals surface area contributed by atoms with E-state index >= 15 is 0 Å². The first-order valence-electron chi connectivity index (χ1n) is 11.5. The van der Waals surface area contributed by atoms with E-state index < -0.39 is 17.6 Å². The summed E-state index contributed by atoms with van der Waals surface area (Å²) in [7, 11) is 0. The van der Waals surface area contributed by atoms with Crippen molar-refractivity contribution in [2.75, 3.05) is 19.6 Å². The molecule has 7 nitrogen and oxygen atoms in total. The van der Waals surface area contributed by atoms with E-state index in [0.29, 0.717) is 24.2 Å². The van der Waals surface area contributed by atoms with Crippen molar-refractivity contribution in [2.45, 2.75) is 50.0 Å². The van der Waals surface area contributed by atoms with Crippen molar-refractivity contribution in [3.8, 4) is 0 Å². The van der Waals surface area contributed by atoms with Crippen LogP contribution in [0.4, 0.5) is 13.2 Å². The van der Waals surface area contributed by atoms with E-state index in [9.17, 15) is 27.6 Å². The van der Waals surface area contributed by atoms with Gasteiger partial charge in [0.05, 0.1) is 23.2 Å². The number of hydrogen-bond acceptors (Lipinski definition) is 4. The van der Waals surface area contributed by atoms with Gasteiger partial charge in [-0.25, -0.2) is 0 Å². The second-order valence-electron chi connectivity index (χ2n) is 9.03. The number of benzene rings is 1. The molecule has 1 aromatic carbocycles. The number of carbonyl (C=O) groups excluding carboxylic acids is 2. The maximum atomic E-state index is 12.8. The highest BCUT2D eigenvalue weighted by molar-refractivity contribution is 6.30. The van der Waals surface area contributed by atoms with Gasteiger partial charge in [0.25, 0.3) is 11.5 Å². The maximum Gasteiger partial charge on any atom is 0.416 e. The summed E-state index contributed by atoms with van der Waals surface area (Å²) < 4.78 is 40.1. The molecule has 2 aromatic rings. The molecule has 0 spiro atoms. The van der Waals surface area contributed by atoms with E-state index in [1.54, 1.807) is 16.8 Å². The Morgan fingerprint density at radius 2 is 1.71 bits per heavy atom. The van der Waals surface area contributed by atoms with Crippen LogP contribution in [0.2, 0.25) is 5.02 Å². The Balaban J connectivity index is 1.17. The number of carbonyl (C=O) groups is 2. The maximum absolute atomic E-state index is 12.8. The molecule has 1 saturated carbocycles. The summed E-state index contributed by atoms with van der Waals surface area (Å²) >= 11 is 6.03. The first-order chi connectivity index (χ1) is 16.6. The van der Waals surface area contributed by atoms with E-state index in [1.807, 2.05) is 0 Å². The summed E-state index contributed by atoms with van der Waals surface area (Å²) in [5.41, 5.74) is -1.12. The van der Waals surface area contributed by atoms with Crippen LogP contribution in [0, 0.1) is 0 Å². The van der Waals surface area contributed by atoms with Crippen LogP contribution in [-0.2, 0) is 11.0 Å². The summed E-state index contributed by atoms with van der Waals surface area (Å²) in [6.07, 6.45) is 0.778. The van der Waals surface area contributed by atoms with Gasteiger partial charge in [-0.1, -0.05) is 17.7 Å². The monoisotopic (exact) mass is 510 g/mol. The zero-order valence-corrected chi connectivity index (χ0v) is 19.6. The van der Waals surface area contributed by atoms with Gasteiger partial charge in [-0.05, 0) is 49.9 Å². The third-order valence-corrected chi connectivity index (χ3v) is 6.84. The third-order valence-electron chi connectivity index (χ3n) is 6.61. The molecule has 0 radical (unpaired) electrons. The van der Waals surface area contributed by atoms with Gasteiger partial charge in [-0.15, -0.1) is 0 Å². The van der Waals surface area contributed by atoms with Crippen LogP contribution in [0.15, 0.2) is 47.4 Å². The fraction of sp³-hybridized carbons (Fsp3) is 0.458. The van der Waals surface area contributed by atoms with Crippen LogP contribution in [0.5, 0.6) is 0 Å². The first-order valence-corrected chi connectivity index (χ1v) is 11.8.